The summed E-state index contributed by atoms with van der Waals surface area (Å²) in [5.74, 6) is 0.559. The van der Waals surface area contributed by atoms with Gasteiger partial charge in [0.25, 0.3) is 0 Å². The van der Waals surface area contributed by atoms with Gasteiger partial charge in [0.05, 0.1) is 13.2 Å². The molecule has 1 aromatic carbocycles. The first-order valence-electron chi connectivity index (χ1n) is 8.07. The molecule has 0 aliphatic carbocycles. The lowest BCUT2D eigenvalue weighted by atomic mass is 9.87. The SMILES string of the molecule is CC(C(=O)NC1(c2ccccc2)COC1)n1nnnc1C(C)(C)C. The average molecular weight is 329 g/mol. The number of aromatic nitrogens is 4. The minimum Gasteiger partial charge on any atom is -0.376 e. The van der Waals surface area contributed by atoms with Gasteiger partial charge in [0.2, 0.25) is 5.91 Å². The lowest BCUT2D eigenvalue weighted by Crippen LogP contribution is -2.60. The first kappa shape index (κ1) is 16.6. The predicted molar refractivity (Wildman–Crippen MR) is 88.3 cm³/mol. The topological polar surface area (TPSA) is 81.9 Å². The molecule has 7 nitrogen and oxygen atoms in total. The standard InChI is InChI=1S/C17H23N5O2/c1-12(22-15(16(2,3)4)19-20-21-22)14(23)18-17(10-24-11-17)13-8-6-5-7-9-13/h5-9,12H,10-11H2,1-4H3,(H,18,23). The molecule has 1 aliphatic heterocycles. The highest BCUT2D eigenvalue weighted by Crippen LogP contribution is 2.30. The van der Waals surface area contributed by atoms with Crippen LogP contribution in [0.3, 0.4) is 0 Å². The molecule has 1 atom stereocenters. The molecule has 1 aliphatic rings. The van der Waals surface area contributed by atoms with Crippen LogP contribution in [-0.2, 0) is 20.5 Å². The Kier molecular flexibility index (Phi) is 4.13. The van der Waals surface area contributed by atoms with Crippen LogP contribution in [0.1, 0.15) is 45.1 Å². The molecule has 0 saturated carbocycles. The fourth-order valence-corrected chi connectivity index (χ4v) is 2.77. The normalized spacial score (nSPS) is 17.8. The van der Waals surface area contributed by atoms with E-state index in [1.54, 1.807) is 11.6 Å². The maximum absolute atomic E-state index is 12.8. The van der Waals surface area contributed by atoms with E-state index in [0.29, 0.717) is 19.0 Å². The third kappa shape index (κ3) is 2.91. The summed E-state index contributed by atoms with van der Waals surface area (Å²) in [6.07, 6.45) is 0. The second-order valence-electron chi connectivity index (χ2n) is 7.30. The molecule has 0 radical (unpaired) electrons. The van der Waals surface area contributed by atoms with Crippen molar-refractivity contribution < 1.29 is 9.53 Å². The van der Waals surface area contributed by atoms with Crippen LogP contribution in [0.2, 0.25) is 0 Å². The summed E-state index contributed by atoms with van der Waals surface area (Å²) in [4.78, 5) is 12.8. The van der Waals surface area contributed by atoms with Crippen molar-refractivity contribution in [3.8, 4) is 0 Å². The third-order valence-corrected chi connectivity index (χ3v) is 4.30. The van der Waals surface area contributed by atoms with E-state index in [9.17, 15) is 4.79 Å². The quantitative estimate of drug-likeness (QED) is 0.921. The van der Waals surface area contributed by atoms with Crippen LogP contribution in [0.4, 0.5) is 0 Å². The molecule has 1 fully saturated rings. The number of carbonyl (C=O) groups excluding carboxylic acids is 1. The Bertz CT molecular complexity index is 716. The van der Waals surface area contributed by atoms with Gasteiger partial charge in [-0.05, 0) is 22.9 Å². The van der Waals surface area contributed by atoms with E-state index >= 15 is 0 Å². The van der Waals surface area contributed by atoms with Crippen molar-refractivity contribution in [2.75, 3.05) is 13.2 Å². The van der Waals surface area contributed by atoms with Crippen LogP contribution in [0.15, 0.2) is 30.3 Å². The van der Waals surface area contributed by atoms with Gasteiger partial charge < -0.3 is 10.1 Å². The number of nitrogens with one attached hydrogen (secondary N) is 1. The predicted octanol–water partition coefficient (Wildman–Crippen LogP) is 1.57. The molecular formula is C17H23N5O2. The summed E-state index contributed by atoms with van der Waals surface area (Å²) in [7, 11) is 0. The Balaban J connectivity index is 1.81. The van der Waals surface area contributed by atoms with Gasteiger partial charge in [0.1, 0.15) is 11.6 Å². The Morgan fingerprint density at radius 1 is 1.29 bits per heavy atom. The minimum atomic E-state index is -0.504. The first-order valence-corrected chi connectivity index (χ1v) is 8.07. The highest BCUT2D eigenvalue weighted by molar-refractivity contribution is 5.81. The Labute approximate surface area is 141 Å². The van der Waals surface area contributed by atoms with Crippen LogP contribution in [0.25, 0.3) is 0 Å². The number of amides is 1. The van der Waals surface area contributed by atoms with Gasteiger partial charge in [-0.1, -0.05) is 51.1 Å². The molecule has 3 rings (SSSR count). The van der Waals surface area contributed by atoms with Crippen LogP contribution < -0.4 is 5.32 Å². The van der Waals surface area contributed by atoms with Gasteiger partial charge in [-0.3, -0.25) is 4.79 Å². The molecule has 7 heteroatoms. The van der Waals surface area contributed by atoms with Crippen molar-refractivity contribution in [2.45, 2.75) is 44.7 Å². The summed E-state index contributed by atoms with van der Waals surface area (Å²) < 4.78 is 6.97. The molecular weight excluding hydrogens is 306 g/mol. The van der Waals surface area contributed by atoms with Gasteiger partial charge in [0, 0.05) is 5.41 Å². The molecule has 1 N–H and O–H groups in total. The van der Waals surface area contributed by atoms with E-state index in [1.807, 2.05) is 51.1 Å². The lowest BCUT2D eigenvalue weighted by molar-refractivity contribution is -0.137. The summed E-state index contributed by atoms with van der Waals surface area (Å²) >= 11 is 0. The van der Waals surface area contributed by atoms with Crippen LogP contribution >= 0.6 is 0 Å². The van der Waals surface area contributed by atoms with Crippen molar-refractivity contribution in [3.05, 3.63) is 41.7 Å². The monoisotopic (exact) mass is 329 g/mol. The van der Waals surface area contributed by atoms with E-state index in [-0.39, 0.29) is 11.3 Å². The molecule has 128 valence electrons. The minimum absolute atomic E-state index is 0.125. The van der Waals surface area contributed by atoms with E-state index in [0.717, 1.165) is 5.56 Å². The molecule has 1 saturated heterocycles. The largest absolute Gasteiger partial charge is 0.376 e. The Morgan fingerprint density at radius 3 is 2.50 bits per heavy atom. The van der Waals surface area contributed by atoms with Gasteiger partial charge in [-0.15, -0.1) is 5.10 Å². The van der Waals surface area contributed by atoms with E-state index in [4.69, 9.17) is 4.74 Å². The van der Waals surface area contributed by atoms with Crippen molar-refractivity contribution in [1.82, 2.24) is 25.5 Å². The maximum Gasteiger partial charge on any atom is 0.245 e. The number of benzene rings is 1. The number of hydrogen-bond donors (Lipinski definition) is 1. The molecule has 0 bridgehead atoms. The van der Waals surface area contributed by atoms with Crippen LogP contribution in [0.5, 0.6) is 0 Å². The number of tetrazole rings is 1. The number of ether oxygens (including phenoxy) is 1. The second-order valence-corrected chi connectivity index (χ2v) is 7.30. The summed E-state index contributed by atoms with van der Waals surface area (Å²) in [6, 6.07) is 9.39. The summed E-state index contributed by atoms with van der Waals surface area (Å²) in [5.41, 5.74) is 0.335. The zero-order valence-electron chi connectivity index (χ0n) is 14.5. The number of rotatable bonds is 4. The van der Waals surface area contributed by atoms with E-state index in [1.165, 1.54) is 0 Å². The third-order valence-electron chi connectivity index (χ3n) is 4.30. The van der Waals surface area contributed by atoms with Crippen molar-refractivity contribution in [3.63, 3.8) is 0 Å². The fourth-order valence-electron chi connectivity index (χ4n) is 2.77. The molecule has 2 aromatic rings. The molecule has 2 heterocycles. The lowest BCUT2D eigenvalue weighted by Gasteiger charge is -2.43. The molecule has 0 spiro atoms. The smallest absolute Gasteiger partial charge is 0.245 e. The van der Waals surface area contributed by atoms with Gasteiger partial charge in [-0.25, -0.2) is 4.68 Å². The number of nitrogens with zero attached hydrogens (tertiary/aromatic N) is 4. The zero-order valence-corrected chi connectivity index (χ0v) is 14.5. The summed E-state index contributed by atoms with van der Waals surface area (Å²) in [5, 5.41) is 15.0. The maximum atomic E-state index is 12.8. The average Bonchev–Trinajstić information content (AvgIpc) is 3.00. The highest BCUT2D eigenvalue weighted by Gasteiger charge is 2.43. The van der Waals surface area contributed by atoms with Crippen molar-refractivity contribution >= 4 is 5.91 Å². The second kappa shape index (κ2) is 5.98. The van der Waals surface area contributed by atoms with E-state index in [2.05, 4.69) is 20.8 Å². The van der Waals surface area contributed by atoms with Gasteiger partial charge >= 0.3 is 0 Å². The van der Waals surface area contributed by atoms with Crippen molar-refractivity contribution in [2.24, 2.45) is 0 Å². The first-order chi connectivity index (χ1) is 11.3. The van der Waals surface area contributed by atoms with Crippen molar-refractivity contribution in [1.29, 1.82) is 0 Å². The molecule has 1 amide bonds. The summed E-state index contributed by atoms with van der Waals surface area (Å²) in [6.45, 7) is 8.80. The van der Waals surface area contributed by atoms with Crippen LogP contribution in [0, 0.1) is 0 Å². The molecule has 24 heavy (non-hydrogen) atoms. The Hall–Kier alpha value is -2.28. The van der Waals surface area contributed by atoms with Crippen LogP contribution in [-0.4, -0.2) is 39.3 Å². The zero-order chi connectivity index (χ0) is 17.4. The highest BCUT2D eigenvalue weighted by atomic mass is 16.5. The fraction of sp³-hybridized carbons (Fsp3) is 0.529. The number of hydrogen-bond acceptors (Lipinski definition) is 5. The van der Waals surface area contributed by atoms with Gasteiger partial charge in [-0.2, -0.15) is 0 Å². The number of carbonyl (C=O) groups is 1. The van der Waals surface area contributed by atoms with Gasteiger partial charge in [0.15, 0.2) is 5.82 Å². The van der Waals surface area contributed by atoms with E-state index < -0.39 is 11.6 Å². The molecule has 1 unspecified atom stereocenters. The Morgan fingerprint density at radius 2 is 1.96 bits per heavy atom. The molecule has 1 aromatic heterocycles.